The first-order valence-electron chi connectivity index (χ1n) is 9.26. The normalized spacial score (nSPS) is 15.5. The zero-order valence-electron chi connectivity index (χ0n) is 17.6. The van der Waals surface area contributed by atoms with Gasteiger partial charge in [0.05, 0.1) is 12.4 Å². The lowest BCUT2D eigenvalue weighted by Gasteiger charge is -2.38. The Morgan fingerprint density at radius 3 is 2.12 bits per heavy atom. The Kier molecular flexibility index (Phi) is 10.3. The molecule has 0 spiro atoms. The van der Waals surface area contributed by atoms with E-state index < -0.39 is 33.7 Å². The smallest absolute Gasteiger partial charge is 0.323 e. The topological polar surface area (TPSA) is 98.9 Å². The van der Waals surface area contributed by atoms with Crippen LogP contribution in [-0.4, -0.2) is 61.9 Å². The second-order valence-corrected chi connectivity index (χ2v) is 10.0. The zero-order chi connectivity index (χ0) is 20.7. The molecule has 0 aromatic rings. The Labute approximate surface area is 159 Å². The lowest BCUT2D eigenvalue weighted by molar-refractivity contribution is -0.151. The van der Waals surface area contributed by atoms with Gasteiger partial charge in [-0.1, -0.05) is 20.8 Å². The van der Waals surface area contributed by atoms with Gasteiger partial charge in [-0.25, -0.2) is 8.42 Å². The van der Waals surface area contributed by atoms with Crippen molar-refractivity contribution in [2.75, 3.05) is 19.4 Å². The fourth-order valence-corrected chi connectivity index (χ4v) is 4.06. The molecule has 8 heteroatoms. The second-order valence-electron chi connectivity index (χ2n) is 8.13. The number of carbonyl (C=O) groups excluding carboxylic acids is 1. The number of hydrogen-bond donors (Lipinski definition) is 1. The summed E-state index contributed by atoms with van der Waals surface area (Å²) in [5.74, 6) is -0.206. The highest BCUT2D eigenvalue weighted by molar-refractivity contribution is 7.88. The Bertz CT molecular complexity index is 532. The lowest BCUT2D eigenvalue weighted by Crippen LogP contribution is -2.51. The van der Waals surface area contributed by atoms with Crippen LogP contribution < -0.4 is 5.73 Å². The zero-order valence-corrected chi connectivity index (χ0v) is 18.4. The van der Waals surface area contributed by atoms with Gasteiger partial charge in [-0.2, -0.15) is 4.31 Å². The van der Waals surface area contributed by atoms with Gasteiger partial charge in [0.15, 0.2) is 0 Å². The SMILES string of the molecule is CCC(C)(C)N(C[C@@H](COC(=O)[C@@H](N)CC(C)C)OC(C)C)S(C)(=O)=O. The van der Waals surface area contributed by atoms with Crippen LogP contribution in [0.5, 0.6) is 0 Å². The minimum atomic E-state index is -3.45. The Morgan fingerprint density at radius 1 is 1.19 bits per heavy atom. The molecule has 26 heavy (non-hydrogen) atoms. The minimum Gasteiger partial charge on any atom is -0.462 e. The van der Waals surface area contributed by atoms with Crippen molar-refractivity contribution in [2.45, 2.75) is 85.1 Å². The predicted molar refractivity (Wildman–Crippen MR) is 104 cm³/mol. The minimum absolute atomic E-state index is 0.0331. The van der Waals surface area contributed by atoms with Crippen LogP contribution >= 0.6 is 0 Å². The van der Waals surface area contributed by atoms with Crippen LogP contribution in [0, 0.1) is 5.92 Å². The van der Waals surface area contributed by atoms with Gasteiger partial charge in [-0.05, 0) is 46.5 Å². The number of rotatable bonds is 12. The van der Waals surface area contributed by atoms with E-state index in [2.05, 4.69) is 0 Å². The van der Waals surface area contributed by atoms with E-state index in [4.69, 9.17) is 15.2 Å². The number of sulfonamides is 1. The lowest BCUT2D eigenvalue weighted by atomic mass is 10.0. The van der Waals surface area contributed by atoms with Crippen molar-refractivity contribution in [1.29, 1.82) is 0 Å². The monoisotopic (exact) mass is 394 g/mol. The Hall–Kier alpha value is -0.700. The highest BCUT2D eigenvalue weighted by Gasteiger charge is 2.35. The predicted octanol–water partition coefficient (Wildman–Crippen LogP) is 2.15. The third-order valence-corrected chi connectivity index (χ3v) is 5.66. The average molecular weight is 395 g/mol. The summed E-state index contributed by atoms with van der Waals surface area (Å²) in [5.41, 5.74) is 5.28. The summed E-state index contributed by atoms with van der Waals surface area (Å²) in [6, 6.07) is -0.687. The quantitative estimate of drug-likeness (QED) is 0.509. The van der Waals surface area contributed by atoms with Gasteiger partial charge in [-0.15, -0.1) is 0 Å². The van der Waals surface area contributed by atoms with Gasteiger partial charge in [-0.3, -0.25) is 4.79 Å². The summed E-state index contributed by atoms with van der Waals surface area (Å²) in [6.45, 7) is 13.4. The van der Waals surface area contributed by atoms with Crippen molar-refractivity contribution in [2.24, 2.45) is 11.7 Å². The molecular formula is C18H38N2O5S. The standard InChI is InChI=1S/C18H38N2O5S/c1-9-18(6,7)20(26(8,22)23)11-15(25-14(4)5)12-24-17(21)16(19)10-13(2)3/h13-16H,9-12,19H2,1-8H3/t15-,16-/m0/s1. The number of hydrogen-bond acceptors (Lipinski definition) is 6. The van der Waals surface area contributed by atoms with E-state index in [9.17, 15) is 13.2 Å². The van der Waals surface area contributed by atoms with E-state index in [1.54, 1.807) is 0 Å². The average Bonchev–Trinajstić information content (AvgIpc) is 2.46. The molecular weight excluding hydrogens is 356 g/mol. The fourth-order valence-electron chi connectivity index (χ4n) is 2.60. The molecule has 0 aliphatic heterocycles. The molecule has 2 N–H and O–H groups in total. The molecule has 0 bridgehead atoms. The molecule has 0 saturated heterocycles. The van der Waals surface area contributed by atoms with Crippen molar-refractivity contribution in [1.82, 2.24) is 4.31 Å². The third kappa shape index (κ3) is 9.30. The molecule has 0 aliphatic carbocycles. The summed E-state index contributed by atoms with van der Waals surface area (Å²) in [5, 5.41) is 0. The van der Waals surface area contributed by atoms with Crippen molar-refractivity contribution in [3.8, 4) is 0 Å². The molecule has 0 aromatic carbocycles. The van der Waals surface area contributed by atoms with Crippen LogP contribution in [0.4, 0.5) is 0 Å². The number of carbonyl (C=O) groups is 1. The van der Waals surface area contributed by atoms with E-state index in [1.165, 1.54) is 10.6 Å². The molecule has 7 nitrogen and oxygen atoms in total. The number of ether oxygens (including phenoxy) is 2. The number of nitrogens with two attached hydrogens (primary N) is 1. The summed E-state index contributed by atoms with van der Waals surface area (Å²) < 4.78 is 37.1. The summed E-state index contributed by atoms with van der Waals surface area (Å²) in [6.07, 6.45) is 1.67. The maximum absolute atomic E-state index is 12.3. The largest absolute Gasteiger partial charge is 0.462 e. The second kappa shape index (κ2) is 10.6. The molecule has 0 fully saturated rings. The molecule has 0 unspecified atom stereocenters. The highest BCUT2D eigenvalue weighted by Crippen LogP contribution is 2.23. The maximum atomic E-state index is 12.3. The fraction of sp³-hybridized carbons (Fsp3) is 0.944. The highest BCUT2D eigenvalue weighted by atomic mass is 32.2. The summed E-state index contributed by atoms with van der Waals surface area (Å²) in [7, 11) is -3.45. The van der Waals surface area contributed by atoms with Gasteiger partial charge in [0, 0.05) is 12.1 Å². The van der Waals surface area contributed by atoms with Crippen LogP contribution in [0.1, 0.15) is 61.3 Å². The number of nitrogens with zero attached hydrogens (tertiary/aromatic N) is 1. The van der Waals surface area contributed by atoms with Crippen molar-refractivity contribution in [3.63, 3.8) is 0 Å². The van der Waals surface area contributed by atoms with Crippen LogP contribution in [0.15, 0.2) is 0 Å². The third-order valence-electron chi connectivity index (χ3n) is 4.21. The van der Waals surface area contributed by atoms with E-state index in [-0.39, 0.29) is 25.2 Å². The number of esters is 1. The molecule has 0 aliphatic rings. The van der Waals surface area contributed by atoms with E-state index in [1.807, 2.05) is 48.5 Å². The Morgan fingerprint density at radius 2 is 1.73 bits per heavy atom. The van der Waals surface area contributed by atoms with Gasteiger partial charge < -0.3 is 15.2 Å². The van der Waals surface area contributed by atoms with Gasteiger partial charge in [0.25, 0.3) is 0 Å². The molecule has 156 valence electrons. The summed E-state index contributed by atoms with van der Waals surface area (Å²) in [4.78, 5) is 12.1. The van der Waals surface area contributed by atoms with Crippen LogP contribution in [0.25, 0.3) is 0 Å². The molecule has 0 amide bonds. The van der Waals surface area contributed by atoms with Gasteiger partial charge in [0.1, 0.15) is 18.8 Å². The molecule has 0 aromatic heterocycles. The first-order valence-corrected chi connectivity index (χ1v) is 11.1. The van der Waals surface area contributed by atoms with Gasteiger partial charge >= 0.3 is 5.97 Å². The summed E-state index contributed by atoms with van der Waals surface area (Å²) >= 11 is 0. The van der Waals surface area contributed by atoms with Crippen LogP contribution in [0.2, 0.25) is 0 Å². The molecule has 2 atom stereocenters. The van der Waals surface area contributed by atoms with Crippen molar-refractivity contribution in [3.05, 3.63) is 0 Å². The van der Waals surface area contributed by atoms with Crippen LogP contribution in [0.3, 0.4) is 0 Å². The van der Waals surface area contributed by atoms with Crippen molar-refractivity contribution >= 4 is 16.0 Å². The van der Waals surface area contributed by atoms with E-state index >= 15 is 0 Å². The first-order chi connectivity index (χ1) is 11.7. The van der Waals surface area contributed by atoms with Gasteiger partial charge in [0.2, 0.25) is 10.0 Å². The van der Waals surface area contributed by atoms with Crippen LogP contribution in [-0.2, 0) is 24.3 Å². The molecule has 0 rings (SSSR count). The van der Waals surface area contributed by atoms with Crippen molar-refractivity contribution < 1.29 is 22.7 Å². The molecule has 0 heterocycles. The maximum Gasteiger partial charge on any atom is 0.323 e. The van der Waals surface area contributed by atoms with E-state index in [0.717, 1.165) is 0 Å². The Balaban J connectivity index is 5.16. The van der Waals surface area contributed by atoms with E-state index in [0.29, 0.717) is 12.8 Å². The molecule has 0 radical (unpaired) electrons. The first kappa shape index (κ1) is 25.3. The molecule has 0 saturated carbocycles.